The highest BCUT2D eigenvalue weighted by molar-refractivity contribution is 5.84. The molecule has 0 aromatic heterocycles. The molecule has 0 aliphatic heterocycles. The zero-order valence-electron chi connectivity index (χ0n) is 11.0. The van der Waals surface area contributed by atoms with E-state index < -0.39 is 11.3 Å². The molecule has 4 nitrogen and oxygen atoms in total. The minimum atomic E-state index is -0.686. The molecular weight excluding hydrogens is 238 g/mol. The monoisotopic (exact) mass is 253 g/mol. The molecule has 4 heteroatoms. The van der Waals surface area contributed by atoms with Gasteiger partial charge in [-0.25, -0.2) is 0 Å². The van der Waals surface area contributed by atoms with Crippen molar-refractivity contribution < 1.29 is 4.79 Å². The van der Waals surface area contributed by atoms with Gasteiger partial charge < -0.3 is 0 Å². The lowest BCUT2D eigenvalue weighted by atomic mass is 9.84. The molecule has 0 heterocycles. The highest BCUT2D eigenvalue weighted by atomic mass is 16.2. The number of rotatable bonds is 3. The zero-order chi connectivity index (χ0) is 13.9. The molecule has 0 saturated carbocycles. The summed E-state index contributed by atoms with van der Waals surface area (Å²) in [6.07, 6.45) is 0.551. The van der Waals surface area contributed by atoms with Crippen LogP contribution in [0, 0.1) is 5.41 Å². The third-order valence-corrected chi connectivity index (χ3v) is 3.17. The van der Waals surface area contributed by atoms with Gasteiger partial charge in [-0.1, -0.05) is 56.3 Å². The van der Waals surface area contributed by atoms with Crippen LogP contribution < -0.4 is 0 Å². The molecular formula is C15H15N3O. The van der Waals surface area contributed by atoms with Crippen molar-refractivity contribution in [3.63, 3.8) is 0 Å². The molecule has 0 N–H and O–H groups in total. The molecule has 0 saturated heterocycles. The summed E-state index contributed by atoms with van der Waals surface area (Å²) in [7, 11) is 0. The third-order valence-electron chi connectivity index (χ3n) is 3.17. The van der Waals surface area contributed by atoms with Crippen molar-refractivity contribution in [3.8, 4) is 0 Å². The normalized spacial score (nSPS) is 11.1. The summed E-state index contributed by atoms with van der Waals surface area (Å²) in [5, 5.41) is 5.51. The Bertz CT molecular complexity index is 670. The van der Waals surface area contributed by atoms with E-state index >= 15 is 0 Å². The fourth-order valence-electron chi connectivity index (χ4n) is 2.11. The third kappa shape index (κ3) is 2.92. The Balaban J connectivity index is 2.30. The Labute approximate surface area is 111 Å². The van der Waals surface area contributed by atoms with Crippen LogP contribution in [0.15, 0.2) is 47.6 Å². The Morgan fingerprint density at radius 2 is 1.89 bits per heavy atom. The number of amides is 1. The van der Waals surface area contributed by atoms with Crippen molar-refractivity contribution in [1.82, 2.24) is 0 Å². The van der Waals surface area contributed by atoms with Crippen LogP contribution in [-0.2, 0) is 11.2 Å². The predicted octanol–water partition coefficient (Wildman–Crippen LogP) is 4.25. The highest BCUT2D eigenvalue weighted by Gasteiger charge is 2.26. The second-order valence-electron chi connectivity index (χ2n) is 5.24. The van der Waals surface area contributed by atoms with E-state index in [0.29, 0.717) is 6.42 Å². The minimum Gasteiger partial charge on any atom is -0.292 e. The minimum absolute atomic E-state index is 0.428. The molecule has 0 fully saturated rings. The largest absolute Gasteiger partial charge is 0.292 e. The molecule has 0 unspecified atom stereocenters. The van der Waals surface area contributed by atoms with E-state index in [0.717, 1.165) is 10.9 Å². The van der Waals surface area contributed by atoms with Crippen molar-refractivity contribution in [2.75, 3.05) is 0 Å². The van der Waals surface area contributed by atoms with Gasteiger partial charge in [0.1, 0.15) is 0 Å². The molecule has 2 aromatic rings. The van der Waals surface area contributed by atoms with Crippen LogP contribution in [0.4, 0.5) is 0 Å². The van der Waals surface area contributed by atoms with E-state index in [1.54, 1.807) is 13.8 Å². The van der Waals surface area contributed by atoms with Crippen LogP contribution in [0.1, 0.15) is 19.4 Å². The van der Waals surface area contributed by atoms with Gasteiger partial charge in [-0.05, 0) is 33.4 Å². The molecule has 0 spiro atoms. The predicted molar refractivity (Wildman–Crippen MR) is 75.6 cm³/mol. The Morgan fingerprint density at radius 1 is 1.21 bits per heavy atom. The van der Waals surface area contributed by atoms with Crippen molar-refractivity contribution in [2.24, 2.45) is 10.5 Å². The molecule has 0 aliphatic carbocycles. The zero-order valence-corrected chi connectivity index (χ0v) is 11.0. The lowest BCUT2D eigenvalue weighted by molar-refractivity contribution is -0.125. The molecule has 0 aliphatic rings. The molecule has 2 rings (SSSR count). The first-order valence-electron chi connectivity index (χ1n) is 6.10. The number of azide groups is 1. The summed E-state index contributed by atoms with van der Waals surface area (Å²) in [5.41, 5.74) is 8.72. The summed E-state index contributed by atoms with van der Waals surface area (Å²) >= 11 is 0. The van der Waals surface area contributed by atoms with E-state index in [1.165, 1.54) is 5.39 Å². The van der Waals surface area contributed by atoms with Crippen LogP contribution in [0.25, 0.3) is 21.2 Å². The number of fused-ring (bicyclic) bond motifs is 1. The van der Waals surface area contributed by atoms with Crippen molar-refractivity contribution in [3.05, 3.63) is 58.5 Å². The molecule has 0 atom stereocenters. The van der Waals surface area contributed by atoms with E-state index in [9.17, 15) is 4.79 Å². The first kappa shape index (κ1) is 13.1. The summed E-state index contributed by atoms with van der Waals surface area (Å²) in [4.78, 5) is 14.3. The van der Waals surface area contributed by atoms with Gasteiger partial charge in [0.2, 0.25) is 5.91 Å². The molecule has 0 bridgehead atoms. The maximum absolute atomic E-state index is 11.7. The topological polar surface area (TPSA) is 65.8 Å². The van der Waals surface area contributed by atoms with Gasteiger partial charge in [-0.2, -0.15) is 0 Å². The highest BCUT2D eigenvalue weighted by Crippen LogP contribution is 2.26. The SMILES string of the molecule is CC(C)(Cc1ccc2ccccc2c1)C(=O)N=[N+]=[N-]. The molecule has 96 valence electrons. The quantitative estimate of drug-likeness (QED) is 0.458. The van der Waals surface area contributed by atoms with Crippen LogP contribution in [0.3, 0.4) is 0 Å². The Morgan fingerprint density at radius 3 is 2.58 bits per heavy atom. The Hall–Kier alpha value is -2.32. The average molecular weight is 253 g/mol. The number of hydrogen-bond acceptors (Lipinski definition) is 1. The molecule has 0 radical (unpaired) electrons. The van der Waals surface area contributed by atoms with Gasteiger partial charge in [-0.3, -0.25) is 4.79 Å². The van der Waals surface area contributed by atoms with Crippen molar-refractivity contribution in [2.45, 2.75) is 20.3 Å². The van der Waals surface area contributed by atoms with Gasteiger partial charge in [-0.15, -0.1) is 0 Å². The standard InChI is InChI=1S/C15H15N3O/c1-15(2,14(19)17-18-16)10-11-7-8-12-5-3-4-6-13(12)9-11/h3-9H,10H2,1-2H3. The number of carbonyl (C=O) groups is 1. The lowest BCUT2D eigenvalue weighted by Crippen LogP contribution is -2.24. The number of carbonyl (C=O) groups excluding carboxylic acids is 1. The van der Waals surface area contributed by atoms with Gasteiger partial charge in [0.15, 0.2) is 0 Å². The van der Waals surface area contributed by atoms with Crippen LogP contribution in [0.2, 0.25) is 0 Å². The van der Waals surface area contributed by atoms with Crippen LogP contribution >= 0.6 is 0 Å². The summed E-state index contributed by atoms with van der Waals surface area (Å²) in [6, 6.07) is 14.2. The van der Waals surface area contributed by atoms with Gasteiger partial charge in [0, 0.05) is 10.3 Å². The summed E-state index contributed by atoms with van der Waals surface area (Å²) < 4.78 is 0. The van der Waals surface area contributed by atoms with Crippen LogP contribution in [0.5, 0.6) is 0 Å². The van der Waals surface area contributed by atoms with Gasteiger partial charge in [0.25, 0.3) is 0 Å². The second kappa shape index (κ2) is 5.12. The summed E-state index contributed by atoms with van der Waals surface area (Å²) in [6.45, 7) is 3.58. The fraction of sp³-hybridized carbons (Fsp3) is 0.267. The molecule has 1 amide bonds. The van der Waals surface area contributed by atoms with E-state index in [-0.39, 0.29) is 0 Å². The number of nitrogens with zero attached hydrogens (tertiary/aromatic N) is 3. The van der Waals surface area contributed by atoms with E-state index in [2.05, 4.69) is 22.2 Å². The molecule has 19 heavy (non-hydrogen) atoms. The summed E-state index contributed by atoms with van der Waals surface area (Å²) in [5.74, 6) is -0.428. The Kier molecular flexibility index (Phi) is 3.54. The number of benzene rings is 2. The fourth-order valence-corrected chi connectivity index (χ4v) is 2.11. The lowest BCUT2D eigenvalue weighted by Gasteiger charge is -2.20. The molecule has 2 aromatic carbocycles. The maximum Gasteiger partial charge on any atom is 0.224 e. The van der Waals surface area contributed by atoms with Crippen molar-refractivity contribution >= 4 is 16.7 Å². The number of hydrogen-bond donors (Lipinski definition) is 0. The van der Waals surface area contributed by atoms with E-state index in [4.69, 9.17) is 5.53 Å². The van der Waals surface area contributed by atoms with Gasteiger partial charge in [0.05, 0.1) is 0 Å². The average Bonchev–Trinajstić information content (AvgIpc) is 2.38. The van der Waals surface area contributed by atoms with E-state index in [1.807, 2.05) is 30.3 Å². The van der Waals surface area contributed by atoms with Crippen molar-refractivity contribution in [1.29, 1.82) is 0 Å². The first-order valence-corrected chi connectivity index (χ1v) is 6.10. The maximum atomic E-state index is 11.7. The smallest absolute Gasteiger partial charge is 0.224 e. The first-order chi connectivity index (χ1) is 9.03. The van der Waals surface area contributed by atoms with Crippen LogP contribution in [-0.4, -0.2) is 5.91 Å². The second-order valence-corrected chi connectivity index (χ2v) is 5.24. The van der Waals surface area contributed by atoms with Gasteiger partial charge >= 0.3 is 0 Å².